The zero-order valence-electron chi connectivity index (χ0n) is 7.88. The Hall–Kier alpha value is -1.04. The molecule has 0 N–H and O–H groups in total. The second kappa shape index (κ2) is 4.76. The lowest BCUT2D eigenvalue weighted by molar-refractivity contribution is 0.959. The summed E-state index contributed by atoms with van der Waals surface area (Å²) < 4.78 is 0. The van der Waals surface area contributed by atoms with Gasteiger partial charge in [-0.1, -0.05) is 49.8 Å². The predicted octanol–water partition coefficient (Wildman–Crippen LogP) is 3.89. The number of hydrogen-bond donors (Lipinski definition) is 0. The Balaban J connectivity index is 2.71. The molecule has 0 radical (unpaired) electrons. The van der Waals surface area contributed by atoms with E-state index in [4.69, 9.17) is 0 Å². The Bertz CT molecular complexity index is 244. The SMILES string of the molecule is CCCC=C(C)c1ccccc1. The van der Waals surface area contributed by atoms with Crippen molar-refractivity contribution in [2.45, 2.75) is 26.7 Å². The Morgan fingerprint density at radius 2 is 1.92 bits per heavy atom. The molecule has 0 spiro atoms. The van der Waals surface area contributed by atoms with Crippen molar-refractivity contribution in [2.24, 2.45) is 0 Å². The summed E-state index contributed by atoms with van der Waals surface area (Å²) in [6.07, 6.45) is 4.71. The molecule has 0 aliphatic rings. The van der Waals surface area contributed by atoms with Crippen molar-refractivity contribution in [3.05, 3.63) is 42.0 Å². The van der Waals surface area contributed by atoms with E-state index in [-0.39, 0.29) is 0 Å². The summed E-state index contributed by atoms with van der Waals surface area (Å²) in [5, 5.41) is 0. The second-order valence-corrected chi connectivity index (χ2v) is 3.04. The molecule has 0 unspecified atom stereocenters. The Labute approximate surface area is 74.9 Å². The van der Waals surface area contributed by atoms with Crippen molar-refractivity contribution >= 4 is 5.57 Å². The van der Waals surface area contributed by atoms with Crippen molar-refractivity contribution in [1.29, 1.82) is 0 Å². The lowest BCUT2D eigenvalue weighted by Crippen LogP contribution is -1.77. The molecule has 0 saturated heterocycles. The minimum Gasteiger partial charge on any atom is -0.0810 e. The zero-order valence-corrected chi connectivity index (χ0v) is 7.88. The quantitative estimate of drug-likeness (QED) is 0.629. The normalized spacial score (nSPS) is 11.7. The van der Waals surface area contributed by atoms with Crippen LogP contribution >= 0.6 is 0 Å². The summed E-state index contributed by atoms with van der Waals surface area (Å²) in [4.78, 5) is 0. The van der Waals surface area contributed by atoms with Crippen LogP contribution in [-0.2, 0) is 0 Å². The molecule has 0 amide bonds. The number of unbranched alkanes of at least 4 members (excludes halogenated alkanes) is 1. The van der Waals surface area contributed by atoms with E-state index in [0.717, 1.165) is 0 Å². The van der Waals surface area contributed by atoms with E-state index in [1.54, 1.807) is 0 Å². The summed E-state index contributed by atoms with van der Waals surface area (Å²) >= 11 is 0. The third kappa shape index (κ3) is 2.54. The fourth-order valence-electron chi connectivity index (χ4n) is 1.18. The van der Waals surface area contributed by atoms with Crippen molar-refractivity contribution in [3.8, 4) is 0 Å². The standard InChI is InChI=1S/C12H16/c1-3-4-8-11(2)12-9-6-5-7-10-12/h5-10H,3-4H2,1-2H3. The summed E-state index contributed by atoms with van der Waals surface area (Å²) in [6, 6.07) is 10.5. The van der Waals surface area contributed by atoms with Gasteiger partial charge in [0, 0.05) is 0 Å². The van der Waals surface area contributed by atoms with Gasteiger partial charge in [0.05, 0.1) is 0 Å². The molecule has 0 heteroatoms. The van der Waals surface area contributed by atoms with Crippen LogP contribution in [0.5, 0.6) is 0 Å². The molecular weight excluding hydrogens is 144 g/mol. The van der Waals surface area contributed by atoms with Crippen LogP contribution < -0.4 is 0 Å². The van der Waals surface area contributed by atoms with Crippen molar-refractivity contribution in [3.63, 3.8) is 0 Å². The van der Waals surface area contributed by atoms with Gasteiger partial charge in [-0.05, 0) is 24.5 Å². The van der Waals surface area contributed by atoms with Crippen molar-refractivity contribution in [1.82, 2.24) is 0 Å². The number of rotatable bonds is 3. The Kier molecular flexibility index (Phi) is 3.59. The topological polar surface area (TPSA) is 0 Å². The first-order valence-corrected chi connectivity index (χ1v) is 4.56. The average molecular weight is 160 g/mol. The first kappa shape index (κ1) is 9.05. The molecule has 1 rings (SSSR count). The number of benzene rings is 1. The fraction of sp³-hybridized carbons (Fsp3) is 0.333. The average Bonchev–Trinajstić information content (AvgIpc) is 2.15. The minimum absolute atomic E-state index is 1.18. The molecule has 0 heterocycles. The lowest BCUT2D eigenvalue weighted by Gasteiger charge is -1.99. The van der Waals surface area contributed by atoms with Gasteiger partial charge in [0.15, 0.2) is 0 Å². The van der Waals surface area contributed by atoms with Crippen LogP contribution in [0.2, 0.25) is 0 Å². The second-order valence-electron chi connectivity index (χ2n) is 3.04. The first-order chi connectivity index (χ1) is 5.84. The van der Waals surface area contributed by atoms with Gasteiger partial charge in [-0.3, -0.25) is 0 Å². The van der Waals surface area contributed by atoms with E-state index in [1.165, 1.54) is 24.0 Å². The minimum atomic E-state index is 1.18. The maximum absolute atomic E-state index is 2.30. The van der Waals surface area contributed by atoms with Gasteiger partial charge in [-0.2, -0.15) is 0 Å². The van der Waals surface area contributed by atoms with Crippen LogP contribution in [0.3, 0.4) is 0 Å². The number of hydrogen-bond acceptors (Lipinski definition) is 0. The molecule has 0 fully saturated rings. The van der Waals surface area contributed by atoms with Gasteiger partial charge in [0.1, 0.15) is 0 Å². The van der Waals surface area contributed by atoms with Gasteiger partial charge in [-0.25, -0.2) is 0 Å². The smallest absolute Gasteiger partial charge is 0.0231 e. The molecule has 0 aromatic heterocycles. The van der Waals surface area contributed by atoms with Gasteiger partial charge < -0.3 is 0 Å². The molecule has 12 heavy (non-hydrogen) atoms. The molecule has 0 bridgehead atoms. The van der Waals surface area contributed by atoms with E-state index in [2.05, 4.69) is 50.3 Å². The summed E-state index contributed by atoms with van der Waals surface area (Å²) in [6.45, 7) is 4.37. The van der Waals surface area contributed by atoms with Crippen molar-refractivity contribution < 1.29 is 0 Å². The van der Waals surface area contributed by atoms with E-state index in [1.807, 2.05) is 0 Å². The van der Waals surface area contributed by atoms with Gasteiger partial charge >= 0.3 is 0 Å². The highest BCUT2D eigenvalue weighted by molar-refractivity contribution is 5.63. The van der Waals surface area contributed by atoms with Gasteiger partial charge in [0.2, 0.25) is 0 Å². The molecule has 0 nitrogen and oxygen atoms in total. The zero-order chi connectivity index (χ0) is 8.81. The fourth-order valence-corrected chi connectivity index (χ4v) is 1.18. The maximum Gasteiger partial charge on any atom is -0.0231 e. The monoisotopic (exact) mass is 160 g/mol. The lowest BCUT2D eigenvalue weighted by atomic mass is 10.1. The molecular formula is C12H16. The van der Waals surface area contributed by atoms with Crippen LogP contribution in [0.1, 0.15) is 32.3 Å². The molecule has 0 aliphatic heterocycles. The first-order valence-electron chi connectivity index (χ1n) is 4.56. The van der Waals surface area contributed by atoms with Gasteiger partial charge in [0.25, 0.3) is 0 Å². The molecule has 0 aliphatic carbocycles. The van der Waals surface area contributed by atoms with Crippen molar-refractivity contribution in [2.75, 3.05) is 0 Å². The molecule has 0 saturated carbocycles. The molecule has 1 aromatic rings. The van der Waals surface area contributed by atoms with E-state index in [9.17, 15) is 0 Å². The summed E-state index contributed by atoms with van der Waals surface area (Å²) in [5.74, 6) is 0. The van der Waals surface area contributed by atoms with E-state index in [0.29, 0.717) is 0 Å². The highest BCUT2D eigenvalue weighted by atomic mass is 14.0. The predicted molar refractivity (Wildman–Crippen MR) is 55.0 cm³/mol. The summed E-state index contributed by atoms with van der Waals surface area (Å²) in [5.41, 5.74) is 2.73. The molecule has 0 atom stereocenters. The Morgan fingerprint density at radius 1 is 1.25 bits per heavy atom. The van der Waals surface area contributed by atoms with E-state index < -0.39 is 0 Å². The van der Waals surface area contributed by atoms with E-state index >= 15 is 0 Å². The maximum atomic E-state index is 2.30. The highest BCUT2D eigenvalue weighted by Crippen LogP contribution is 2.13. The highest BCUT2D eigenvalue weighted by Gasteiger charge is 1.91. The van der Waals surface area contributed by atoms with Crippen LogP contribution in [0.25, 0.3) is 5.57 Å². The largest absolute Gasteiger partial charge is 0.0810 e. The summed E-state index contributed by atoms with van der Waals surface area (Å²) in [7, 11) is 0. The van der Waals surface area contributed by atoms with Crippen LogP contribution in [0.4, 0.5) is 0 Å². The number of allylic oxidation sites excluding steroid dienone is 2. The third-order valence-corrected chi connectivity index (χ3v) is 1.97. The molecule has 64 valence electrons. The van der Waals surface area contributed by atoms with Crippen LogP contribution in [0.15, 0.2) is 36.4 Å². The van der Waals surface area contributed by atoms with Crippen LogP contribution in [0, 0.1) is 0 Å². The third-order valence-electron chi connectivity index (χ3n) is 1.97. The Morgan fingerprint density at radius 3 is 2.50 bits per heavy atom. The van der Waals surface area contributed by atoms with Crippen LogP contribution in [-0.4, -0.2) is 0 Å². The van der Waals surface area contributed by atoms with Gasteiger partial charge in [-0.15, -0.1) is 0 Å². The molecule has 1 aromatic carbocycles.